The zero-order valence-electron chi connectivity index (χ0n) is 13.9. The fourth-order valence-corrected chi connectivity index (χ4v) is 4.40. The first kappa shape index (κ1) is 17.1. The minimum Gasteiger partial charge on any atom is -0.354 e. The molecule has 0 unspecified atom stereocenters. The molecule has 0 fully saturated rings. The number of fused-ring (bicyclic) bond motifs is 1. The van der Waals surface area contributed by atoms with Gasteiger partial charge in [0.15, 0.2) is 11.6 Å². The van der Waals surface area contributed by atoms with Crippen LogP contribution >= 0.6 is 11.6 Å². The van der Waals surface area contributed by atoms with Crippen molar-refractivity contribution in [2.45, 2.75) is 30.6 Å². The Hall–Kier alpha value is -2.31. The van der Waals surface area contributed by atoms with Gasteiger partial charge < -0.3 is 4.52 Å². The van der Waals surface area contributed by atoms with E-state index in [9.17, 15) is 8.42 Å². The second-order valence-electron chi connectivity index (χ2n) is 6.33. The SMILES string of the molecule is O=S(=O)(Nc1cc(-c2cccc(Cl)c2)on1)c1ccc2c(c1)CCCC2. The van der Waals surface area contributed by atoms with E-state index in [0.29, 0.717) is 10.8 Å². The standard InChI is InChI=1S/C19H17ClN2O3S/c20-16-7-3-6-15(10-16)18-12-19(21-25-18)22-26(23,24)17-9-8-13-4-1-2-5-14(13)11-17/h3,6-12H,1-2,4-5H2,(H,21,22). The monoisotopic (exact) mass is 388 g/mol. The number of nitrogens with zero attached hydrogens (tertiary/aromatic N) is 1. The zero-order valence-corrected chi connectivity index (χ0v) is 15.5. The highest BCUT2D eigenvalue weighted by molar-refractivity contribution is 7.92. The highest BCUT2D eigenvalue weighted by Crippen LogP contribution is 2.28. The van der Waals surface area contributed by atoms with Gasteiger partial charge in [-0.25, -0.2) is 8.42 Å². The topological polar surface area (TPSA) is 72.2 Å². The van der Waals surface area contributed by atoms with Gasteiger partial charge in [-0.05, 0) is 61.1 Å². The third kappa shape index (κ3) is 3.48. The number of halogens is 1. The van der Waals surface area contributed by atoms with Gasteiger partial charge in [0.1, 0.15) is 0 Å². The van der Waals surface area contributed by atoms with E-state index < -0.39 is 10.0 Å². The van der Waals surface area contributed by atoms with Crippen molar-refractivity contribution in [2.75, 3.05) is 4.72 Å². The molecule has 7 heteroatoms. The molecule has 1 aliphatic carbocycles. The molecule has 1 heterocycles. The van der Waals surface area contributed by atoms with Crippen LogP contribution in [0.4, 0.5) is 5.82 Å². The summed E-state index contributed by atoms with van der Waals surface area (Å²) in [6, 6.07) is 13.9. The smallest absolute Gasteiger partial charge is 0.263 e. The normalized spacial score (nSPS) is 14.0. The van der Waals surface area contributed by atoms with Crippen LogP contribution in [0.2, 0.25) is 5.02 Å². The number of hydrogen-bond donors (Lipinski definition) is 1. The summed E-state index contributed by atoms with van der Waals surface area (Å²) < 4.78 is 33.1. The first-order chi connectivity index (χ1) is 12.5. The van der Waals surface area contributed by atoms with Crippen LogP contribution < -0.4 is 4.72 Å². The van der Waals surface area contributed by atoms with E-state index in [4.69, 9.17) is 16.1 Å². The Morgan fingerprint density at radius 1 is 1.00 bits per heavy atom. The van der Waals surface area contributed by atoms with Crippen LogP contribution in [0.1, 0.15) is 24.0 Å². The lowest BCUT2D eigenvalue weighted by atomic mass is 9.92. The Morgan fingerprint density at radius 2 is 1.81 bits per heavy atom. The lowest BCUT2D eigenvalue weighted by molar-refractivity contribution is 0.435. The number of aromatic nitrogens is 1. The molecule has 0 bridgehead atoms. The van der Waals surface area contributed by atoms with Crippen molar-refractivity contribution in [1.29, 1.82) is 0 Å². The van der Waals surface area contributed by atoms with Gasteiger partial charge >= 0.3 is 0 Å². The minimum absolute atomic E-state index is 0.137. The van der Waals surface area contributed by atoms with Crippen LogP contribution in [0.15, 0.2) is 57.9 Å². The Labute approximate surface area is 157 Å². The first-order valence-electron chi connectivity index (χ1n) is 8.38. The first-order valence-corrected chi connectivity index (χ1v) is 10.2. The molecule has 3 aromatic rings. The van der Waals surface area contributed by atoms with E-state index in [-0.39, 0.29) is 10.7 Å². The van der Waals surface area contributed by atoms with Gasteiger partial charge in [0.25, 0.3) is 10.0 Å². The molecular weight excluding hydrogens is 372 g/mol. The fraction of sp³-hybridized carbons (Fsp3) is 0.211. The van der Waals surface area contributed by atoms with E-state index in [1.54, 1.807) is 36.4 Å². The minimum atomic E-state index is -3.72. The highest BCUT2D eigenvalue weighted by Gasteiger charge is 2.19. The Bertz CT molecular complexity index is 1060. The van der Waals surface area contributed by atoms with Gasteiger partial charge in [0.2, 0.25) is 0 Å². The molecule has 1 aromatic heterocycles. The molecule has 4 rings (SSSR count). The summed E-state index contributed by atoms with van der Waals surface area (Å²) in [5.41, 5.74) is 3.07. The summed E-state index contributed by atoms with van der Waals surface area (Å²) in [6.07, 6.45) is 4.18. The van der Waals surface area contributed by atoms with Gasteiger partial charge in [0, 0.05) is 16.7 Å². The maximum atomic E-state index is 12.7. The quantitative estimate of drug-likeness (QED) is 0.704. The zero-order chi connectivity index (χ0) is 18.1. The van der Waals surface area contributed by atoms with Gasteiger partial charge in [0.05, 0.1) is 4.90 Å². The molecule has 0 saturated heterocycles. The summed E-state index contributed by atoms with van der Waals surface area (Å²) >= 11 is 5.97. The van der Waals surface area contributed by atoms with E-state index in [1.165, 1.54) is 5.56 Å². The molecule has 5 nitrogen and oxygen atoms in total. The molecule has 26 heavy (non-hydrogen) atoms. The van der Waals surface area contributed by atoms with E-state index >= 15 is 0 Å². The van der Waals surface area contributed by atoms with Gasteiger partial charge in [-0.3, -0.25) is 4.72 Å². The van der Waals surface area contributed by atoms with Crippen LogP contribution in [-0.2, 0) is 22.9 Å². The second kappa shape index (κ2) is 6.78. The second-order valence-corrected chi connectivity index (χ2v) is 8.45. The molecule has 1 N–H and O–H groups in total. The molecule has 1 aliphatic rings. The van der Waals surface area contributed by atoms with Crippen LogP contribution in [-0.4, -0.2) is 13.6 Å². The van der Waals surface area contributed by atoms with Gasteiger partial charge in [-0.15, -0.1) is 0 Å². The lowest BCUT2D eigenvalue weighted by Gasteiger charge is -2.16. The molecule has 134 valence electrons. The van der Waals surface area contributed by atoms with Crippen molar-refractivity contribution in [1.82, 2.24) is 5.16 Å². The van der Waals surface area contributed by atoms with E-state index in [0.717, 1.165) is 36.8 Å². The average molecular weight is 389 g/mol. The molecule has 0 saturated carbocycles. The molecule has 0 atom stereocenters. The van der Waals surface area contributed by atoms with Crippen LogP contribution in [0.25, 0.3) is 11.3 Å². The average Bonchev–Trinajstić information content (AvgIpc) is 3.09. The number of anilines is 1. The molecule has 0 amide bonds. The number of nitrogens with one attached hydrogen (secondary N) is 1. The number of benzene rings is 2. The summed E-state index contributed by atoms with van der Waals surface area (Å²) in [5.74, 6) is 0.577. The molecule has 0 aliphatic heterocycles. The predicted molar refractivity (Wildman–Crippen MR) is 101 cm³/mol. The van der Waals surface area contributed by atoms with E-state index in [2.05, 4.69) is 9.88 Å². The summed E-state index contributed by atoms with van der Waals surface area (Å²) in [5, 5.41) is 4.38. The van der Waals surface area contributed by atoms with Crippen molar-refractivity contribution >= 4 is 27.4 Å². The maximum Gasteiger partial charge on any atom is 0.263 e. The summed E-state index contributed by atoms with van der Waals surface area (Å²) in [6.45, 7) is 0. The maximum absolute atomic E-state index is 12.7. The molecule has 2 aromatic carbocycles. The van der Waals surface area contributed by atoms with Gasteiger partial charge in [-0.2, -0.15) is 0 Å². The van der Waals surface area contributed by atoms with Crippen LogP contribution in [0, 0.1) is 0 Å². The molecule has 0 spiro atoms. The van der Waals surface area contributed by atoms with Crippen molar-refractivity contribution < 1.29 is 12.9 Å². The number of hydrogen-bond acceptors (Lipinski definition) is 4. The van der Waals surface area contributed by atoms with Crippen molar-refractivity contribution in [3.63, 3.8) is 0 Å². The largest absolute Gasteiger partial charge is 0.354 e. The van der Waals surface area contributed by atoms with Crippen LogP contribution in [0.3, 0.4) is 0 Å². The Balaban J connectivity index is 1.59. The fourth-order valence-electron chi connectivity index (χ4n) is 3.17. The van der Waals surface area contributed by atoms with Crippen LogP contribution in [0.5, 0.6) is 0 Å². The molecular formula is C19H17ClN2O3S. The predicted octanol–water partition coefficient (Wildman–Crippen LogP) is 4.67. The highest BCUT2D eigenvalue weighted by atomic mass is 35.5. The number of rotatable bonds is 4. The summed E-state index contributed by atoms with van der Waals surface area (Å²) in [4.78, 5) is 0.241. The number of aryl methyl sites for hydroxylation is 2. The Morgan fingerprint density at radius 3 is 2.62 bits per heavy atom. The molecule has 0 radical (unpaired) electrons. The number of sulfonamides is 1. The van der Waals surface area contributed by atoms with Crippen molar-refractivity contribution in [2.24, 2.45) is 0 Å². The van der Waals surface area contributed by atoms with E-state index in [1.807, 2.05) is 12.1 Å². The third-order valence-electron chi connectivity index (χ3n) is 4.49. The van der Waals surface area contributed by atoms with Crippen molar-refractivity contribution in [3.8, 4) is 11.3 Å². The van der Waals surface area contributed by atoms with Gasteiger partial charge in [-0.1, -0.05) is 35.0 Å². The Kier molecular flexibility index (Phi) is 4.46. The lowest BCUT2D eigenvalue weighted by Crippen LogP contribution is -2.14. The summed E-state index contributed by atoms with van der Waals surface area (Å²) in [7, 11) is -3.72. The van der Waals surface area contributed by atoms with Crippen molar-refractivity contribution in [3.05, 3.63) is 64.7 Å². The third-order valence-corrected chi connectivity index (χ3v) is 6.08.